The van der Waals surface area contributed by atoms with Crippen LogP contribution in [0.15, 0.2) is 4.99 Å². The van der Waals surface area contributed by atoms with Crippen LogP contribution in [0.2, 0.25) is 0 Å². The van der Waals surface area contributed by atoms with Crippen LogP contribution in [0.4, 0.5) is 0 Å². The van der Waals surface area contributed by atoms with Crippen molar-refractivity contribution in [1.82, 2.24) is 10.2 Å². The standard InChI is InChI=1S/C18H33N3O.HI/c1-19-16(21-12-10-18(15-21)8-5-9-18)20-14-17(11-13-22-2)6-3-4-7-17;/h3-15H2,1-2H3,(H,19,20);1H. The molecule has 0 aromatic rings. The Morgan fingerprint density at radius 3 is 2.39 bits per heavy atom. The Kier molecular flexibility index (Phi) is 7.01. The van der Waals surface area contributed by atoms with E-state index in [-0.39, 0.29) is 24.0 Å². The van der Waals surface area contributed by atoms with Crippen LogP contribution in [0, 0.1) is 10.8 Å². The van der Waals surface area contributed by atoms with E-state index in [1.165, 1.54) is 70.9 Å². The summed E-state index contributed by atoms with van der Waals surface area (Å²) in [5.74, 6) is 1.13. The summed E-state index contributed by atoms with van der Waals surface area (Å²) in [4.78, 5) is 7.06. The van der Waals surface area contributed by atoms with Gasteiger partial charge in [0.15, 0.2) is 5.96 Å². The first-order valence-corrected chi connectivity index (χ1v) is 9.16. The minimum absolute atomic E-state index is 0. The molecule has 0 atom stereocenters. The fourth-order valence-electron chi connectivity index (χ4n) is 4.76. The minimum atomic E-state index is 0. The second-order valence-electron chi connectivity index (χ2n) is 7.88. The summed E-state index contributed by atoms with van der Waals surface area (Å²) in [7, 11) is 3.75. The number of guanidine groups is 1. The van der Waals surface area contributed by atoms with Gasteiger partial charge in [0.2, 0.25) is 0 Å². The minimum Gasteiger partial charge on any atom is -0.385 e. The van der Waals surface area contributed by atoms with Gasteiger partial charge < -0.3 is 15.0 Å². The van der Waals surface area contributed by atoms with Gasteiger partial charge in [-0.1, -0.05) is 19.3 Å². The molecule has 3 aliphatic rings. The molecule has 0 aromatic heterocycles. The number of methoxy groups -OCH3 is 1. The number of hydrogen-bond acceptors (Lipinski definition) is 2. The third-order valence-electron chi connectivity index (χ3n) is 6.49. The molecule has 0 bridgehead atoms. The maximum atomic E-state index is 5.34. The summed E-state index contributed by atoms with van der Waals surface area (Å²) in [6.07, 6.45) is 12.2. The number of aliphatic imine (C=N–C) groups is 1. The van der Waals surface area contributed by atoms with Crippen molar-refractivity contribution in [2.45, 2.75) is 57.8 Å². The molecule has 134 valence electrons. The third kappa shape index (κ3) is 4.33. The Balaban J connectivity index is 0.00000192. The lowest BCUT2D eigenvalue weighted by atomic mass is 9.68. The van der Waals surface area contributed by atoms with Crippen molar-refractivity contribution in [3.8, 4) is 0 Å². The Bertz CT molecular complexity index is 403. The van der Waals surface area contributed by atoms with Crippen LogP contribution in [0.5, 0.6) is 0 Å². The Morgan fingerprint density at radius 1 is 1.13 bits per heavy atom. The molecule has 3 rings (SSSR count). The highest BCUT2D eigenvalue weighted by atomic mass is 127. The van der Waals surface area contributed by atoms with E-state index in [9.17, 15) is 0 Å². The first-order valence-electron chi connectivity index (χ1n) is 9.16. The Hall–Kier alpha value is -0.0400. The first kappa shape index (κ1) is 19.3. The summed E-state index contributed by atoms with van der Waals surface area (Å²) in [5, 5.41) is 3.71. The van der Waals surface area contributed by atoms with Crippen molar-refractivity contribution < 1.29 is 4.74 Å². The molecule has 0 aromatic carbocycles. The van der Waals surface area contributed by atoms with Gasteiger partial charge in [-0.25, -0.2) is 0 Å². The van der Waals surface area contributed by atoms with Crippen molar-refractivity contribution >= 4 is 29.9 Å². The number of likely N-dealkylation sites (tertiary alicyclic amines) is 1. The van der Waals surface area contributed by atoms with E-state index in [1.807, 2.05) is 14.2 Å². The molecule has 1 heterocycles. The molecule has 2 aliphatic carbocycles. The topological polar surface area (TPSA) is 36.9 Å². The van der Waals surface area contributed by atoms with Gasteiger partial charge in [-0.05, 0) is 49.4 Å². The molecule has 23 heavy (non-hydrogen) atoms. The number of nitrogens with zero attached hydrogens (tertiary/aromatic N) is 2. The lowest BCUT2D eigenvalue weighted by molar-refractivity contribution is 0.137. The highest BCUT2D eigenvalue weighted by Crippen LogP contribution is 2.48. The molecule has 0 radical (unpaired) electrons. The number of nitrogens with one attached hydrogen (secondary N) is 1. The average Bonchev–Trinajstić information content (AvgIpc) is 3.13. The van der Waals surface area contributed by atoms with E-state index in [0.717, 1.165) is 19.1 Å². The van der Waals surface area contributed by atoms with Crippen molar-refractivity contribution in [3.05, 3.63) is 0 Å². The smallest absolute Gasteiger partial charge is 0.193 e. The molecule has 0 amide bonds. The molecule has 4 nitrogen and oxygen atoms in total. The number of halogens is 1. The molecule has 1 spiro atoms. The normalized spacial score (nSPS) is 25.3. The quantitative estimate of drug-likeness (QED) is 0.407. The molecular weight excluding hydrogens is 401 g/mol. The van der Waals surface area contributed by atoms with Crippen molar-refractivity contribution in [3.63, 3.8) is 0 Å². The van der Waals surface area contributed by atoms with E-state index < -0.39 is 0 Å². The second-order valence-corrected chi connectivity index (χ2v) is 7.88. The molecule has 0 unspecified atom stereocenters. The molecule has 1 aliphatic heterocycles. The Morgan fingerprint density at radius 2 is 1.87 bits per heavy atom. The van der Waals surface area contributed by atoms with Gasteiger partial charge in [-0.2, -0.15) is 0 Å². The fraction of sp³-hybridized carbons (Fsp3) is 0.944. The summed E-state index contributed by atoms with van der Waals surface area (Å²) in [5.41, 5.74) is 1.07. The molecule has 1 saturated heterocycles. The maximum absolute atomic E-state index is 5.34. The second kappa shape index (κ2) is 8.37. The highest BCUT2D eigenvalue weighted by molar-refractivity contribution is 14.0. The molecular formula is C18H34IN3O. The van der Waals surface area contributed by atoms with E-state index in [0.29, 0.717) is 10.8 Å². The number of rotatable bonds is 5. The predicted molar refractivity (Wildman–Crippen MR) is 107 cm³/mol. The van der Waals surface area contributed by atoms with E-state index in [1.54, 1.807) is 0 Å². The zero-order chi connectivity index (χ0) is 15.5. The summed E-state index contributed by atoms with van der Waals surface area (Å²) < 4.78 is 5.34. The lowest BCUT2D eigenvalue weighted by Crippen LogP contribution is -2.46. The van der Waals surface area contributed by atoms with Gasteiger partial charge >= 0.3 is 0 Å². The van der Waals surface area contributed by atoms with E-state index in [2.05, 4.69) is 15.2 Å². The number of ether oxygens (including phenoxy) is 1. The fourth-order valence-corrected chi connectivity index (χ4v) is 4.76. The van der Waals surface area contributed by atoms with Crippen LogP contribution in [-0.2, 0) is 4.74 Å². The van der Waals surface area contributed by atoms with Crippen LogP contribution >= 0.6 is 24.0 Å². The van der Waals surface area contributed by atoms with Gasteiger partial charge in [-0.3, -0.25) is 4.99 Å². The number of hydrogen-bond donors (Lipinski definition) is 1. The summed E-state index contributed by atoms with van der Waals surface area (Å²) in [6, 6.07) is 0. The van der Waals surface area contributed by atoms with E-state index in [4.69, 9.17) is 4.74 Å². The van der Waals surface area contributed by atoms with Gasteiger partial charge in [-0.15, -0.1) is 24.0 Å². The van der Waals surface area contributed by atoms with Crippen molar-refractivity contribution in [1.29, 1.82) is 0 Å². The van der Waals surface area contributed by atoms with Crippen LogP contribution in [0.25, 0.3) is 0 Å². The average molecular weight is 435 g/mol. The zero-order valence-corrected chi connectivity index (χ0v) is 17.2. The van der Waals surface area contributed by atoms with E-state index >= 15 is 0 Å². The first-order chi connectivity index (χ1) is 10.7. The monoisotopic (exact) mass is 435 g/mol. The van der Waals surface area contributed by atoms with Crippen LogP contribution in [-0.4, -0.2) is 51.3 Å². The molecule has 1 N–H and O–H groups in total. The molecule has 2 saturated carbocycles. The van der Waals surface area contributed by atoms with Gasteiger partial charge in [0, 0.05) is 40.4 Å². The van der Waals surface area contributed by atoms with Crippen LogP contribution < -0.4 is 5.32 Å². The lowest BCUT2D eigenvalue weighted by Gasteiger charge is -2.38. The highest BCUT2D eigenvalue weighted by Gasteiger charge is 2.43. The van der Waals surface area contributed by atoms with Gasteiger partial charge in [0.05, 0.1) is 0 Å². The zero-order valence-electron chi connectivity index (χ0n) is 14.9. The van der Waals surface area contributed by atoms with Crippen molar-refractivity contribution in [2.24, 2.45) is 15.8 Å². The SMILES string of the molecule is CN=C(NCC1(CCOC)CCCC1)N1CCC2(CCC2)C1.I. The predicted octanol–water partition coefficient (Wildman–Crippen LogP) is 3.65. The largest absolute Gasteiger partial charge is 0.385 e. The van der Waals surface area contributed by atoms with Crippen molar-refractivity contribution in [2.75, 3.05) is 40.4 Å². The summed E-state index contributed by atoms with van der Waals surface area (Å²) >= 11 is 0. The molecule has 3 fully saturated rings. The Labute approximate surface area is 158 Å². The van der Waals surface area contributed by atoms with Crippen LogP contribution in [0.1, 0.15) is 57.8 Å². The van der Waals surface area contributed by atoms with Gasteiger partial charge in [0.1, 0.15) is 0 Å². The maximum Gasteiger partial charge on any atom is 0.193 e. The summed E-state index contributed by atoms with van der Waals surface area (Å²) in [6.45, 7) is 4.35. The third-order valence-corrected chi connectivity index (χ3v) is 6.49. The molecule has 5 heteroatoms. The van der Waals surface area contributed by atoms with Crippen LogP contribution in [0.3, 0.4) is 0 Å². The van der Waals surface area contributed by atoms with Gasteiger partial charge in [0.25, 0.3) is 0 Å².